The highest BCUT2D eigenvalue weighted by Crippen LogP contribution is 2.21. The monoisotopic (exact) mass is 245 g/mol. The first-order valence-electron chi connectivity index (χ1n) is 6.35. The average Bonchev–Trinajstić information content (AvgIpc) is 2.37. The predicted molar refractivity (Wildman–Crippen MR) is 79.0 cm³/mol. The maximum atomic E-state index is 4.38. The van der Waals surface area contributed by atoms with Crippen LogP contribution in [0.3, 0.4) is 0 Å². The summed E-state index contributed by atoms with van der Waals surface area (Å²) in [4.78, 5) is 6.63. The topological polar surface area (TPSA) is 28.2 Å². The molecule has 0 bridgehead atoms. The van der Waals surface area contributed by atoms with Gasteiger partial charge in [-0.1, -0.05) is 19.1 Å². The van der Waals surface area contributed by atoms with Crippen molar-refractivity contribution in [3.63, 3.8) is 0 Å². The lowest BCUT2D eigenvalue weighted by Crippen LogP contribution is -2.26. The second kappa shape index (κ2) is 7.67. The van der Waals surface area contributed by atoms with Crippen LogP contribution in [0.4, 0.5) is 5.69 Å². The Kier molecular flexibility index (Phi) is 6.15. The molecule has 0 amide bonds. The lowest BCUT2D eigenvalue weighted by atomic mass is 10.1. The molecule has 1 rings (SSSR count). The largest absolute Gasteiger partial charge is 0.364 e. The van der Waals surface area contributed by atoms with Crippen molar-refractivity contribution in [2.24, 2.45) is 0 Å². The Hall–Kier alpha value is -1.61. The zero-order valence-electron chi connectivity index (χ0n) is 11.4. The quantitative estimate of drug-likeness (QED) is 0.714. The third kappa shape index (κ3) is 4.00. The number of rotatable bonds is 8. The van der Waals surface area contributed by atoms with Crippen molar-refractivity contribution in [3.05, 3.63) is 48.8 Å². The zero-order chi connectivity index (χ0) is 13.4. The van der Waals surface area contributed by atoms with E-state index in [0.29, 0.717) is 0 Å². The van der Waals surface area contributed by atoms with Crippen molar-refractivity contribution in [2.75, 3.05) is 24.5 Å². The van der Waals surface area contributed by atoms with Gasteiger partial charge in [-0.25, -0.2) is 0 Å². The first-order valence-corrected chi connectivity index (χ1v) is 6.35. The maximum Gasteiger partial charge on any atom is 0.0451 e. The smallest absolute Gasteiger partial charge is 0.0451 e. The molecule has 18 heavy (non-hydrogen) atoms. The minimum absolute atomic E-state index is 0.814. The van der Waals surface area contributed by atoms with Crippen molar-refractivity contribution in [1.82, 2.24) is 10.3 Å². The van der Waals surface area contributed by atoms with Crippen LogP contribution in [0.25, 0.3) is 0 Å². The molecule has 0 fully saturated rings. The molecule has 0 aliphatic carbocycles. The highest BCUT2D eigenvalue weighted by Gasteiger charge is 2.09. The highest BCUT2D eigenvalue weighted by molar-refractivity contribution is 5.54. The lowest BCUT2D eigenvalue weighted by Gasteiger charge is -2.25. The third-order valence-corrected chi connectivity index (χ3v) is 2.70. The first kappa shape index (κ1) is 14.5. The zero-order valence-corrected chi connectivity index (χ0v) is 11.4. The van der Waals surface area contributed by atoms with E-state index in [4.69, 9.17) is 0 Å². The van der Waals surface area contributed by atoms with E-state index in [-0.39, 0.29) is 0 Å². The fraction of sp³-hybridized carbons (Fsp3) is 0.400. The molecule has 3 heteroatoms. The Morgan fingerprint density at radius 2 is 2.00 bits per heavy atom. The average molecular weight is 245 g/mol. The normalized spacial score (nSPS) is 10.1. The molecule has 0 atom stereocenters. The van der Waals surface area contributed by atoms with Gasteiger partial charge in [0, 0.05) is 42.8 Å². The second-order valence-electron chi connectivity index (χ2n) is 4.22. The fourth-order valence-corrected chi connectivity index (χ4v) is 1.85. The van der Waals surface area contributed by atoms with E-state index in [9.17, 15) is 0 Å². The van der Waals surface area contributed by atoms with Crippen molar-refractivity contribution in [3.8, 4) is 0 Å². The summed E-state index contributed by atoms with van der Waals surface area (Å²) in [5.74, 6) is 0. The maximum absolute atomic E-state index is 4.38. The van der Waals surface area contributed by atoms with E-state index in [0.717, 1.165) is 31.9 Å². The molecule has 0 aromatic carbocycles. The van der Waals surface area contributed by atoms with Crippen LogP contribution in [-0.2, 0) is 6.54 Å². The van der Waals surface area contributed by atoms with Gasteiger partial charge in [0.15, 0.2) is 0 Å². The third-order valence-electron chi connectivity index (χ3n) is 2.70. The van der Waals surface area contributed by atoms with E-state index in [1.807, 2.05) is 25.3 Å². The van der Waals surface area contributed by atoms with Crippen LogP contribution in [-0.4, -0.2) is 24.6 Å². The molecule has 3 nitrogen and oxygen atoms in total. The lowest BCUT2D eigenvalue weighted by molar-refractivity contribution is 0.720. The summed E-state index contributed by atoms with van der Waals surface area (Å²) < 4.78 is 0. The van der Waals surface area contributed by atoms with Crippen LogP contribution in [0.2, 0.25) is 0 Å². The van der Waals surface area contributed by atoms with Crippen LogP contribution in [0.1, 0.15) is 18.2 Å². The summed E-state index contributed by atoms with van der Waals surface area (Å²) in [6, 6.07) is 2.12. The summed E-state index contributed by atoms with van der Waals surface area (Å²) in [5, 5.41) is 3.35. The van der Waals surface area contributed by atoms with E-state index in [1.165, 1.54) is 11.3 Å². The van der Waals surface area contributed by atoms with Crippen LogP contribution < -0.4 is 10.2 Å². The Morgan fingerprint density at radius 3 is 2.56 bits per heavy atom. The van der Waals surface area contributed by atoms with Gasteiger partial charge in [-0.3, -0.25) is 4.98 Å². The van der Waals surface area contributed by atoms with Crippen molar-refractivity contribution in [1.29, 1.82) is 0 Å². The number of hydrogen-bond donors (Lipinski definition) is 1. The summed E-state index contributed by atoms with van der Waals surface area (Å²) >= 11 is 0. The van der Waals surface area contributed by atoms with Crippen molar-refractivity contribution < 1.29 is 0 Å². The standard InChI is InChI=1S/C15H23N3/c1-5-8-18(9-6-2)15-10-13(4)17-12-14(15)11-16-7-3/h5-6,10,12,16H,1-2,7-9,11H2,3-4H3. The van der Waals surface area contributed by atoms with Gasteiger partial charge in [0.2, 0.25) is 0 Å². The van der Waals surface area contributed by atoms with Gasteiger partial charge in [0.25, 0.3) is 0 Å². The number of aryl methyl sites for hydroxylation is 1. The SMILES string of the molecule is C=CCN(CC=C)c1cc(C)ncc1CNCC. The number of hydrogen-bond acceptors (Lipinski definition) is 3. The van der Waals surface area contributed by atoms with Gasteiger partial charge in [-0.05, 0) is 19.5 Å². The van der Waals surface area contributed by atoms with Crippen LogP contribution in [0, 0.1) is 6.92 Å². The number of pyridine rings is 1. The minimum atomic E-state index is 0.814. The molecule has 98 valence electrons. The van der Waals surface area contributed by atoms with Crippen LogP contribution in [0.5, 0.6) is 0 Å². The summed E-state index contributed by atoms with van der Waals surface area (Å²) in [7, 11) is 0. The van der Waals surface area contributed by atoms with Gasteiger partial charge < -0.3 is 10.2 Å². The Morgan fingerprint density at radius 1 is 1.33 bits per heavy atom. The van der Waals surface area contributed by atoms with Crippen LogP contribution >= 0.6 is 0 Å². The number of nitrogens with zero attached hydrogens (tertiary/aromatic N) is 2. The van der Waals surface area contributed by atoms with E-state index >= 15 is 0 Å². The molecule has 1 aromatic heterocycles. The minimum Gasteiger partial charge on any atom is -0.364 e. The van der Waals surface area contributed by atoms with E-state index < -0.39 is 0 Å². The molecule has 0 spiro atoms. The fourth-order valence-electron chi connectivity index (χ4n) is 1.85. The van der Waals surface area contributed by atoms with Gasteiger partial charge in [0.05, 0.1) is 0 Å². The van der Waals surface area contributed by atoms with Gasteiger partial charge in [-0.15, -0.1) is 13.2 Å². The van der Waals surface area contributed by atoms with Gasteiger partial charge in [-0.2, -0.15) is 0 Å². The molecule has 0 aliphatic heterocycles. The number of anilines is 1. The molecule has 0 unspecified atom stereocenters. The summed E-state index contributed by atoms with van der Waals surface area (Å²) in [6.45, 7) is 15.2. The molecule has 0 radical (unpaired) electrons. The molecule has 1 heterocycles. The number of nitrogens with one attached hydrogen (secondary N) is 1. The Balaban J connectivity index is 3.03. The highest BCUT2D eigenvalue weighted by atomic mass is 15.1. The molecular formula is C15H23N3. The summed E-state index contributed by atoms with van der Waals surface area (Å²) in [5.41, 5.74) is 3.46. The van der Waals surface area contributed by atoms with E-state index in [1.54, 1.807) is 0 Å². The van der Waals surface area contributed by atoms with E-state index in [2.05, 4.69) is 41.3 Å². The Bertz CT molecular complexity index is 389. The molecule has 1 aromatic rings. The van der Waals surface area contributed by atoms with Crippen LogP contribution in [0.15, 0.2) is 37.6 Å². The molecule has 0 saturated heterocycles. The molecule has 1 N–H and O–H groups in total. The number of aromatic nitrogens is 1. The first-order chi connectivity index (χ1) is 8.72. The second-order valence-corrected chi connectivity index (χ2v) is 4.22. The van der Waals surface area contributed by atoms with Crippen molar-refractivity contribution >= 4 is 5.69 Å². The molecule has 0 aliphatic rings. The molecule has 0 saturated carbocycles. The van der Waals surface area contributed by atoms with Gasteiger partial charge >= 0.3 is 0 Å². The van der Waals surface area contributed by atoms with Gasteiger partial charge in [0.1, 0.15) is 0 Å². The predicted octanol–water partition coefficient (Wildman–Crippen LogP) is 2.68. The molecular weight excluding hydrogens is 222 g/mol. The van der Waals surface area contributed by atoms with Crippen molar-refractivity contribution in [2.45, 2.75) is 20.4 Å². The summed E-state index contributed by atoms with van der Waals surface area (Å²) in [6.07, 6.45) is 5.78. The Labute approximate surface area is 110 Å².